The zero-order valence-corrected chi connectivity index (χ0v) is 10.2. The summed E-state index contributed by atoms with van der Waals surface area (Å²) in [7, 11) is -2.80. The maximum absolute atomic E-state index is 11.2. The number of halogens is 1. The van der Waals surface area contributed by atoms with Gasteiger partial charge < -0.3 is 22.8 Å². The number of phenols is 1. The van der Waals surface area contributed by atoms with Gasteiger partial charge in [-0.3, -0.25) is 0 Å². The third kappa shape index (κ3) is 3.37. The van der Waals surface area contributed by atoms with Gasteiger partial charge in [0.2, 0.25) is 0 Å². The van der Waals surface area contributed by atoms with Crippen molar-refractivity contribution in [1.82, 2.24) is 0 Å². The number of aromatic hydroxyl groups is 1. The van der Waals surface area contributed by atoms with Crippen molar-refractivity contribution in [2.75, 3.05) is 11.5 Å². The van der Waals surface area contributed by atoms with Gasteiger partial charge in [0.25, 0.3) is 0 Å². The van der Waals surface area contributed by atoms with Crippen molar-refractivity contribution < 1.29 is 31.2 Å². The van der Waals surface area contributed by atoms with Crippen molar-refractivity contribution in [2.45, 2.75) is 12.5 Å². The molecule has 0 aliphatic carbocycles. The van der Waals surface area contributed by atoms with Crippen LogP contribution in [-0.2, 0) is 9.84 Å². The maximum Gasteiger partial charge on any atom is 0.156 e. The van der Waals surface area contributed by atoms with E-state index in [1.807, 2.05) is 5.32 Å². The third-order valence-corrected chi connectivity index (χ3v) is 4.38. The fraction of sp³-hybridized carbons (Fsp3) is 0.400. The number of quaternary nitrogens is 1. The fourth-order valence-corrected chi connectivity index (χ4v) is 3.56. The number of rotatable bonds is 2. The molecule has 1 aliphatic rings. The lowest BCUT2D eigenvalue weighted by Gasteiger charge is -2.06. The highest BCUT2D eigenvalue weighted by Crippen LogP contribution is 2.12. The summed E-state index contributed by atoms with van der Waals surface area (Å²) in [4.78, 5) is 0. The normalized spacial score (nSPS) is 22.6. The zero-order valence-electron chi connectivity index (χ0n) is 8.64. The topological polar surface area (TPSA) is 71.0 Å². The quantitative estimate of drug-likeness (QED) is 0.436. The van der Waals surface area contributed by atoms with Crippen LogP contribution in [0.1, 0.15) is 6.42 Å². The van der Waals surface area contributed by atoms with Crippen LogP contribution in [0.2, 0.25) is 0 Å². The van der Waals surface area contributed by atoms with Crippen molar-refractivity contribution in [3.63, 3.8) is 0 Å². The van der Waals surface area contributed by atoms with Crippen LogP contribution < -0.4 is 17.7 Å². The molecule has 0 saturated carbocycles. The Balaban J connectivity index is 0.00000128. The summed E-state index contributed by atoms with van der Waals surface area (Å²) in [5.41, 5.74) is 0.968. The molecule has 1 heterocycles. The largest absolute Gasteiger partial charge is 1.00 e. The van der Waals surface area contributed by atoms with E-state index < -0.39 is 9.84 Å². The highest BCUT2D eigenvalue weighted by molar-refractivity contribution is 7.91. The lowest BCUT2D eigenvalue weighted by Crippen LogP contribution is -3.00. The summed E-state index contributed by atoms with van der Waals surface area (Å²) in [6.45, 7) is 0. The number of nitrogens with two attached hydrogens (primary N) is 1. The molecular weight excluding hydrogens is 250 g/mol. The number of phenolic OH excluding ortho intramolecular Hbond substituents is 1. The predicted octanol–water partition coefficient (Wildman–Crippen LogP) is -3.22. The Morgan fingerprint density at radius 3 is 2.38 bits per heavy atom. The van der Waals surface area contributed by atoms with E-state index in [4.69, 9.17) is 5.11 Å². The third-order valence-electron chi connectivity index (χ3n) is 2.59. The molecule has 1 aromatic carbocycles. The second-order valence-electron chi connectivity index (χ2n) is 3.92. The Bertz CT molecular complexity index is 444. The lowest BCUT2D eigenvalue weighted by molar-refractivity contribution is -0.605. The average molecular weight is 264 g/mol. The Labute approximate surface area is 101 Å². The zero-order chi connectivity index (χ0) is 10.9. The molecule has 0 spiro atoms. The summed E-state index contributed by atoms with van der Waals surface area (Å²) < 4.78 is 22.5. The van der Waals surface area contributed by atoms with E-state index in [1.165, 1.54) is 0 Å². The molecule has 3 N–H and O–H groups in total. The molecule has 0 radical (unpaired) electrons. The Morgan fingerprint density at radius 1 is 1.25 bits per heavy atom. The molecule has 16 heavy (non-hydrogen) atoms. The first-order chi connectivity index (χ1) is 7.05. The van der Waals surface area contributed by atoms with Gasteiger partial charge in [-0.05, 0) is 12.1 Å². The maximum atomic E-state index is 11.2. The van der Waals surface area contributed by atoms with Crippen molar-refractivity contribution in [1.29, 1.82) is 0 Å². The predicted molar refractivity (Wildman–Crippen MR) is 56.8 cm³/mol. The van der Waals surface area contributed by atoms with Gasteiger partial charge in [0.05, 0.1) is 5.75 Å². The van der Waals surface area contributed by atoms with E-state index in [2.05, 4.69) is 0 Å². The molecule has 2 rings (SSSR count). The summed E-state index contributed by atoms with van der Waals surface area (Å²) in [6, 6.07) is 6.92. The van der Waals surface area contributed by atoms with Crippen LogP contribution in [0.25, 0.3) is 0 Å². The van der Waals surface area contributed by atoms with E-state index in [9.17, 15) is 8.42 Å². The van der Waals surface area contributed by atoms with Crippen LogP contribution in [0.3, 0.4) is 0 Å². The van der Waals surface area contributed by atoms with Crippen LogP contribution in [-0.4, -0.2) is 31.1 Å². The molecule has 0 amide bonds. The highest BCUT2D eigenvalue weighted by Gasteiger charge is 2.30. The van der Waals surface area contributed by atoms with Gasteiger partial charge >= 0.3 is 0 Å². The first-order valence-electron chi connectivity index (χ1n) is 4.89. The summed E-state index contributed by atoms with van der Waals surface area (Å²) in [5.74, 6) is 0.784. The molecular formula is C10H14ClNO3S. The smallest absolute Gasteiger partial charge is 0.156 e. The molecule has 1 unspecified atom stereocenters. The Morgan fingerprint density at radius 2 is 1.88 bits per heavy atom. The molecule has 0 bridgehead atoms. The van der Waals surface area contributed by atoms with Crippen LogP contribution in [0.15, 0.2) is 24.3 Å². The second-order valence-corrected chi connectivity index (χ2v) is 6.15. The Kier molecular flexibility index (Phi) is 4.18. The van der Waals surface area contributed by atoms with Crippen LogP contribution >= 0.6 is 0 Å². The van der Waals surface area contributed by atoms with Gasteiger partial charge in [-0.25, -0.2) is 8.42 Å². The SMILES string of the molecule is O=S1(=O)CCC([NH2+]c2ccc(O)cc2)C1.[Cl-]. The van der Waals surface area contributed by atoms with Gasteiger partial charge in [0.1, 0.15) is 23.2 Å². The first-order valence-corrected chi connectivity index (χ1v) is 6.72. The monoisotopic (exact) mass is 263 g/mol. The minimum Gasteiger partial charge on any atom is -1.00 e. The highest BCUT2D eigenvalue weighted by atomic mass is 35.5. The number of benzene rings is 1. The standard InChI is InChI=1S/C10H13NO3S.ClH/c12-10-3-1-8(2-4-10)11-9-5-6-15(13,14)7-9;/h1-4,9,11-12H,5-7H2;1H. The second kappa shape index (κ2) is 5.03. The molecule has 90 valence electrons. The summed E-state index contributed by atoms with van der Waals surface area (Å²) >= 11 is 0. The van der Waals surface area contributed by atoms with E-state index in [0.29, 0.717) is 12.2 Å². The van der Waals surface area contributed by atoms with Crippen LogP contribution in [0.4, 0.5) is 5.69 Å². The molecule has 6 heteroatoms. The summed E-state index contributed by atoms with van der Waals surface area (Å²) in [5, 5.41) is 11.1. The van der Waals surface area contributed by atoms with Gasteiger partial charge in [0.15, 0.2) is 9.84 Å². The van der Waals surface area contributed by atoms with Gasteiger partial charge in [-0.1, -0.05) is 0 Å². The van der Waals surface area contributed by atoms with Crippen LogP contribution in [0, 0.1) is 0 Å². The van der Waals surface area contributed by atoms with E-state index in [1.54, 1.807) is 24.3 Å². The van der Waals surface area contributed by atoms with Gasteiger partial charge in [-0.15, -0.1) is 0 Å². The number of hydrogen-bond donors (Lipinski definition) is 2. The molecule has 1 aliphatic heterocycles. The molecule has 1 atom stereocenters. The van der Waals surface area contributed by atoms with Crippen molar-refractivity contribution in [2.24, 2.45) is 0 Å². The lowest BCUT2D eigenvalue weighted by atomic mass is 10.2. The molecule has 4 nitrogen and oxygen atoms in total. The fourth-order valence-electron chi connectivity index (χ4n) is 1.81. The minimum atomic E-state index is -2.80. The molecule has 0 aromatic heterocycles. The van der Waals surface area contributed by atoms with Gasteiger partial charge in [-0.2, -0.15) is 0 Å². The number of hydrogen-bond acceptors (Lipinski definition) is 3. The average Bonchev–Trinajstić information content (AvgIpc) is 2.50. The Hall–Kier alpha value is -0.780. The summed E-state index contributed by atoms with van der Waals surface area (Å²) in [6.07, 6.45) is 0.712. The van der Waals surface area contributed by atoms with E-state index in [0.717, 1.165) is 5.69 Å². The van der Waals surface area contributed by atoms with Crippen molar-refractivity contribution in [3.8, 4) is 5.75 Å². The molecule has 1 fully saturated rings. The van der Waals surface area contributed by atoms with Crippen molar-refractivity contribution >= 4 is 15.5 Å². The minimum absolute atomic E-state index is 0. The van der Waals surface area contributed by atoms with Gasteiger partial charge in [0, 0.05) is 18.6 Å². The van der Waals surface area contributed by atoms with E-state index >= 15 is 0 Å². The van der Waals surface area contributed by atoms with Crippen molar-refractivity contribution in [3.05, 3.63) is 24.3 Å². The first kappa shape index (κ1) is 13.3. The molecule has 1 saturated heterocycles. The molecule has 1 aromatic rings. The number of sulfone groups is 1. The van der Waals surface area contributed by atoms with Crippen LogP contribution in [0.5, 0.6) is 5.75 Å². The van der Waals surface area contributed by atoms with E-state index in [-0.39, 0.29) is 30.0 Å².